The third-order valence-electron chi connectivity index (χ3n) is 1.31. The molecule has 0 aromatic heterocycles. The van der Waals surface area contributed by atoms with E-state index >= 15 is 0 Å². The number of nitrogens with two attached hydrogens (primary N) is 1. The lowest BCUT2D eigenvalue weighted by atomic mass is 10.1. The third-order valence-corrected chi connectivity index (χ3v) is 1.31. The summed E-state index contributed by atoms with van der Waals surface area (Å²) in [4.78, 5) is 0. The summed E-state index contributed by atoms with van der Waals surface area (Å²) in [5, 5.41) is 0. The number of hydrogen-bond acceptors (Lipinski definition) is 2. The fraction of sp³-hybridized carbons (Fsp3) is 0.333. The molecule has 8 heavy (non-hydrogen) atoms. The van der Waals surface area contributed by atoms with Gasteiger partial charge in [-0.3, -0.25) is 5.84 Å². The fourth-order valence-electron chi connectivity index (χ4n) is 0.663. The van der Waals surface area contributed by atoms with Crippen molar-refractivity contribution >= 4 is 0 Å². The molecular weight excluding hydrogens is 100 g/mol. The molecule has 0 saturated heterocycles. The maximum Gasteiger partial charge on any atom is 0.0658 e. The van der Waals surface area contributed by atoms with E-state index in [1.54, 1.807) is 0 Å². The molecule has 0 heterocycles. The average Bonchev–Trinajstić information content (AvgIpc) is 2.17. The van der Waals surface area contributed by atoms with Crippen LogP contribution < -0.4 is 11.3 Å². The predicted octanol–water partition coefficient (Wildman–Crippen LogP) is 0.334. The Kier molecular flexibility index (Phi) is 1.19. The first-order chi connectivity index (χ1) is 3.77. The van der Waals surface area contributed by atoms with Gasteiger partial charge in [0.05, 0.1) is 5.54 Å². The zero-order chi connectivity index (χ0) is 6.04. The molecule has 44 valence electrons. The van der Waals surface area contributed by atoms with Crippen LogP contribution in [0.15, 0.2) is 24.3 Å². The normalized spacial score (nSPS) is 22.2. The lowest BCUT2D eigenvalue weighted by Crippen LogP contribution is -2.42. The Morgan fingerprint density at radius 3 is 2.12 bits per heavy atom. The van der Waals surface area contributed by atoms with Crippen LogP contribution in [0, 0.1) is 0 Å². The van der Waals surface area contributed by atoms with Gasteiger partial charge in [-0.25, -0.2) is 5.43 Å². The lowest BCUT2D eigenvalue weighted by Gasteiger charge is -2.16. The van der Waals surface area contributed by atoms with Crippen molar-refractivity contribution in [1.29, 1.82) is 0 Å². The molecule has 0 atom stereocenters. The van der Waals surface area contributed by atoms with Crippen molar-refractivity contribution in [3.8, 4) is 0 Å². The van der Waals surface area contributed by atoms with Crippen LogP contribution >= 0.6 is 0 Å². The molecule has 0 aromatic rings. The van der Waals surface area contributed by atoms with Crippen molar-refractivity contribution in [2.45, 2.75) is 12.5 Å². The molecule has 2 heteroatoms. The smallest absolute Gasteiger partial charge is 0.0658 e. The summed E-state index contributed by atoms with van der Waals surface area (Å²) in [6.07, 6.45) is 7.96. The van der Waals surface area contributed by atoms with E-state index in [2.05, 4.69) is 5.43 Å². The van der Waals surface area contributed by atoms with Crippen LogP contribution in [0.25, 0.3) is 0 Å². The van der Waals surface area contributed by atoms with Gasteiger partial charge in [-0.1, -0.05) is 24.3 Å². The molecule has 1 aliphatic rings. The van der Waals surface area contributed by atoms with Crippen molar-refractivity contribution in [2.24, 2.45) is 5.84 Å². The highest BCUT2D eigenvalue weighted by Crippen LogP contribution is 2.11. The van der Waals surface area contributed by atoms with E-state index in [4.69, 9.17) is 5.84 Å². The first-order valence-corrected chi connectivity index (χ1v) is 2.62. The van der Waals surface area contributed by atoms with Crippen LogP contribution in [0.2, 0.25) is 0 Å². The van der Waals surface area contributed by atoms with Gasteiger partial charge in [0.1, 0.15) is 0 Å². The Labute approximate surface area is 49.0 Å². The van der Waals surface area contributed by atoms with Gasteiger partial charge in [0, 0.05) is 0 Å². The van der Waals surface area contributed by atoms with E-state index in [9.17, 15) is 0 Å². The second-order valence-corrected chi connectivity index (χ2v) is 2.15. The zero-order valence-corrected chi connectivity index (χ0v) is 4.89. The molecule has 1 aliphatic carbocycles. The van der Waals surface area contributed by atoms with E-state index in [0.717, 1.165) is 0 Å². The van der Waals surface area contributed by atoms with Gasteiger partial charge in [-0.2, -0.15) is 0 Å². The topological polar surface area (TPSA) is 38.0 Å². The standard InChI is InChI=1S/C6H10N2/c1-6(8-7)4-2-3-5-6/h2-5,8H,7H2,1H3. The number of allylic oxidation sites excluding steroid dienone is 2. The molecule has 0 bridgehead atoms. The Morgan fingerprint density at radius 2 is 1.88 bits per heavy atom. The van der Waals surface area contributed by atoms with Crippen molar-refractivity contribution in [2.75, 3.05) is 0 Å². The molecule has 3 N–H and O–H groups in total. The summed E-state index contributed by atoms with van der Waals surface area (Å²) >= 11 is 0. The highest BCUT2D eigenvalue weighted by Gasteiger charge is 2.15. The van der Waals surface area contributed by atoms with Gasteiger partial charge in [0.15, 0.2) is 0 Å². The molecule has 0 radical (unpaired) electrons. The van der Waals surface area contributed by atoms with E-state index < -0.39 is 0 Å². The van der Waals surface area contributed by atoms with E-state index in [1.807, 2.05) is 31.2 Å². The van der Waals surface area contributed by atoms with Crippen LogP contribution in [0.1, 0.15) is 6.92 Å². The summed E-state index contributed by atoms with van der Waals surface area (Å²) in [6, 6.07) is 0. The number of hydrazine groups is 1. The zero-order valence-electron chi connectivity index (χ0n) is 4.89. The Morgan fingerprint density at radius 1 is 1.38 bits per heavy atom. The van der Waals surface area contributed by atoms with Crippen LogP contribution in [-0.4, -0.2) is 5.54 Å². The monoisotopic (exact) mass is 110 g/mol. The fourth-order valence-corrected chi connectivity index (χ4v) is 0.663. The summed E-state index contributed by atoms with van der Waals surface area (Å²) < 4.78 is 0. The average molecular weight is 110 g/mol. The summed E-state index contributed by atoms with van der Waals surface area (Å²) in [5.74, 6) is 5.22. The molecular formula is C6H10N2. The maximum atomic E-state index is 5.22. The first kappa shape index (κ1) is 5.54. The SMILES string of the molecule is CC1(NN)C=CC=C1. The largest absolute Gasteiger partial charge is 0.270 e. The van der Waals surface area contributed by atoms with Crippen molar-refractivity contribution in [1.82, 2.24) is 5.43 Å². The van der Waals surface area contributed by atoms with Crippen molar-refractivity contribution in [3.05, 3.63) is 24.3 Å². The van der Waals surface area contributed by atoms with Gasteiger partial charge in [0.25, 0.3) is 0 Å². The molecule has 0 amide bonds. The molecule has 0 aromatic carbocycles. The lowest BCUT2D eigenvalue weighted by molar-refractivity contribution is 0.552. The molecule has 0 spiro atoms. The molecule has 1 rings (SSSR count). The van der Waals surface area contributed by atoms with Crippen LogP contribution in [0.5, 0.6) is 0 Å². The number of hydrogen-bond donors (Lipinski definition) is 2. The molecule has 0 aliphatic heterocycles. The second-order valence-electron chi connectivity index (χ2n) is 2.15. The van der Waals surface area contributed by atoms with Crippen LogP contribution in [0.3, 0.4) is 0 Å². The number of nitrogens with one attached hydrogen (secondary N) is 1. The van der Waals surface area contributed by atoms with Gasteiger partial charge < -0.3 is 0 Å². The number of rotatable bonds is 1. The highest BCUT2D eigenvalue weighted by molar-refractivity contribution is 5.28. The minimum absolute atomic E-state index is 0.0972. The molecule has 0 fully saturated rings. The van der Waals surface area contributed by atoms with Crippen LogP contribution in [0.4, 0.5) is 0 Å². The van der Waals surface area contributed by atoms with E-state index in [1.165, 1.54) is 0 Å². The Bertz CT molecular complexity index is 123. The first-order valence-electron chi connectivity index (χ1n) is 2.62. The second kappa shape index (κ2) is 1.73. The van der Waals surface area contributed by atoms with Gasteiger partial charge >= 0.3 is 0 Å². The minimum Gasteiger partial charge on any atom is -0.270 e. The quantitative estimate of drug-likeness (QED) is 0.377. The maximum absolute atomic E-state index is 5.22. The van der Waals surface area contributed by atoms with E-state index in [-0.39, 0.29) is 5.54 Å². The molecule has 0 saturated carbocycles. The summed E-state index contributed by atoms with van der Waals surface area (Å²) in [6.45, 7) is 2.01. The van der Waals surface area contributed by atoms with E-state index in [0.29, 0.717) is 0 Å². The van der Waals surface area contributed by atoms with Gasteiger partial charge in [0.2, 0.25) is 0 Å². The van der Waals surface area contributed by atoms with Crippen LogP contribution in [-0.2, 0) is 0 Å². The summed E-state index contributed by atoms with van der Waals surface area (Å²) in [5.41, 5.74) is 2.57. The Hall–Kier alpha value is -0.600. The minimum atomic E-state index is -0.0972. The van der Waals surface area contributed by atoms with Crippen molar-refractivity contribution in [3.63, 3.8) is 0 Å². The molecule has 0 unspecified atom stereocenters. The predicted molar refractivity (Wildman–Crippen MR) is 34.0 cm³/mol. The van der Waals surface area contributed by atoms with Gasteiger partial charge in [-0.05, 0) is 6.92 Å². The summed E-state index contributed by atoms with van der Waals surface area (Å²) in [7, 11) is 0. The molecule has 2 nitrogen and oxygen atoms in total. The highest BCUT2D eigenvalue weighted by atomic mass is 15.3. The Balaban J connectivity index is 2.69. The van der Waals surface area contributed by atoms with Gasteiger partial charge in [-0.15, -0.1) is 0 Å². The van der Waals surface area contributed by atoms with Crippen molar-refractivity contribution < 1.29 is 0 Å². The third kappa shape index (κ3) is 0.804.